The van der Waals surface area contributed by atoms with Crippen LogP contribution in [0.15, 0.2) is 35.4 Å². The maximum Gasteiger partial charge on any atom is 0.0716 e. The molecule has 0 fully saturated rings. The van der Waals surface area contributed by atoms with Crippen molar-refractivity contribution < 1.29 is 0 Å². The van der Waals surface area contributed by atoms with Crippen LogP contribution in [0.1, 0.15) is 12.5 Å². The first-order chi connectivity index (χ1) is 8.76. The maximum absolute atomic E-state index is 4.47. The van der Waals surface area contributed by atoms with Crippen LogP contribution in [0.2, 0.25) is 0 Å². The van der Waals surface area contributed by atoms with E-state index in [0.717, 1.165) is 25.0 Å². The zero-order valence-corrected chi connectivity index (χ0v) is 12.1. The van der Waals surface area contributed by atoms with Crippen molar-refractivity contribution in [2.45, 2.75) is 18.2 Å². The van der Waals surface area contributed by atoms with Crippen LogP contribution in [0.5, 0.6) is 0 Å². The van der Waals surface area contributed by atoms with E-state index in [1.165, 1.54) is 15.8 Å². The summed E-state index contributed by atoms with van der Waals surface area (Å²) in [5.41, 5.74) is 2.52. The molecule has 0 aliphatic heterocycles. The molecule has 1 aromatic heterocycles. The van der Waals surface area contributed by atoms with Crippen molar-refractivity contribution in [2.75, 3.05) is 26.4 Å². The summed E-state index contributed by atoms with van der Waals surface area (Å²) in [7, 11) is 2.17. The first-order valence-corrected chi connectivity index (χ1v) is 7.58. The van der Waals surface area contributed by atoms with Crippen molar-refractivity contribution in [2.24, 2.45) is 0 Å². The van der Waals surface area contributed by atoms with Gasteiger partial charge >= 0.3 is 0 Å². The molecular formula is C15H20N2S. The highest BCUT2D eigenvalue weighted by molar-refractivity contribution is 7.98. The van der Waals surface area contributed by atoms with Crippen LogP contribution in [-0.4, -0.2) is 36.3 Å². The number of hydrogen-bond donors (Lipinski definition) is 0. The lowest BCUT2D eigenvalue weighted by molar-refractivity contribution is 0.358. The Bertz CT molecular complexity index is 520. The maximum atomic E-state index is 4.47. The molecular weight excluding hydrogens is 240 g/mol. The van der Waals surface area contributed by atoms with Gasteiger partial charge < -0.3 is 4.90 Å². The first-order valence-electron chi connectivity index (χ1n) is 6.35. The predicted molar refractivity (Wildman–Crippen MR) is 80.4 cm³/mol. The number of hydrogen-bond acceptors (Lipinski definition) is 3. The Labute approximate surface area is 113 Å². The SMILES string of the molecule is CCN(C)CCc1ccnc2cccc(SC)c12. The summed E-state index contributed by atoms with van der Waals surface area (Å²) in [6.07, 6.45) is 5.14. The molecule has 0 radical (unpaired) electrons. The van der Waals surface area contributed by atoms with Gasteiger partial charge in [-0.3, -0.25) is 4.98 Å². The number of aromatic nitrogens is 1. The van der Waals surface area contributed by atoms with Gasteiger partial charge in [-0.1, -0.05) is 13.0 Å². The van der Waals surface area contributed by atoms with Crippen molar-refractivity contribution in [3.8, 4) is 0 Å². The average molecular weight is 260 g/mol. The molecule has 0 saturated heterocycles. The van der Waals surface area contributed by atoms with Crippen LogP contribution in [0.25, 0.3) is 10.9 Å². The minimum Gasteiger partial charge on any atom is -0.306 e. The second-order valence-electron chi connectivity index (χ2n) is 4.47. The zero-order chi connectivity index (χ0) is 13.0. The molecule has 0 N–H and O–H groups in total. The van der Waals surface area contributed by atoms with Gasteiger partial charge in [-0.15, -0.1) is 11.8 Å². The van der Waals surface area contributed by atoms with Crippen LogP contribution < -0.4 is 0 Å². The number of rotatable bonds is 5. The highest BCUT2D eigenvalue weighted by Crippen LogP contribution is 2.28. The number of benzene rings is 1. The molecule has 0 unspecified atom stereocenters. The Morgan fingerprint density at radius 1 is 1.28 bits per heavy atom. The van der Waals surface area contributed by atoms with E-state index in [4.69, 9.17) is 0 Å². The fourth-order valence-electron chi connectivity index (χ4n) is 2.09. The summed E-state index contributed by atoms with van der Waals surface area (Å²) in [6, 6.07) is 8.53. The summed E-state index contributed by atoms with van der Waals surface area (Å²) in [6.45, 7) is 4.38. The highest BCUT2D eigenvalue weighted by Gasteiger charge is 2.07. The smallest absolute Gasteiger partial charge is 0.0716 e. The molecule has 3 heteroatoms. The minimum absolute atomic E-state index is 1.08. The van der Waals surface area contributed by atoms with Gasteiger partial charge in [-0.05, 0) is 50.0 Å². The summed E-state index contributed by atoms with van der Waals surface area (Å²) in [4.78, 5) is 8.14. The Morgan fingerprint density at radius 3 is 2.83 bits per heavy atom. The second-order valence-corrected chi connectivity index (χ2v) is 5.32. The molecule has 96 valence electrons. The second kappa shape index (κ2) is 6.21. The Balaban J connectivity index is 2.37. The molecule has 18 heavy (non-hydrogen) atoms. The number of nitrogens with zero attached hydrogens (tertiary/aromatic N) is 2. The van der Waals surface area contributed by atoms with Crippen molar-refractivity contribution in [1.82, 2.24) is 9.88 Å². The van der Waals surface area contributed by atoms with E-state index < -0.39 is 0 Å². The van der Waals surface area contributed by atoms with Gasteiger partial charge in [0.1, 0.15) is 0 Å². The largest absolute Gasteiger partial charge is 0.306 e. The van der Waals surface area contributed by atoms with Gasteiger partial charge in [0.2, 0.25) is 0 Å². The third kappa shape index (κ3) is 2.85. The predicted octanol–water partition coefficient (Wildman–Crippen LogP) is 3.45. The normalized spacial score (nSPS) is 11.3. The van der Waals surface area contributed by atoms with Gasteiger partial charge in [-0.2, -0.15) is 0 Å². The molecule has 0 aliphatic rings. The Morgan fingerprint density at radius 2 is 2.11 bits per heavy atom. The first kappa shape index (κ1) is 13.4. The summed E-state index contributed by atoms with van der Waals surface area (Å²) < 4.78 is 0. The fourth-order valence-corrected chi connectivity index (χ4v) is 2.74. The van der Waals surface area contributed by atoms with E-state index in [1.54, 1.807) is 11.8 Å². The lowest BCUT2D eigenvalue weighted by atomic mass is 10.1. The van der Waals surface area contributed by atoms with Gasteiger partial charge in [0, 0.05) is 23.0 Å². The van der Waals surface area contributed by atoms with Crippen LogP contribution in [0.4, 0.5) is 0 Å². The molecule has 0 amide bonds. The summed E-state index contributed by atoms with van der Waals surface area (Å²) >= 11 is 1.80. The molecule has 0 aliphatic carbocycles. The Kier molecular flexibility index (Phi) is 4.61. The van der Waals surface area contributed by atoms with E-state index in [-0.39, 0.29) is 0 Å². The average Bonchev–Trinajstić information content (AvgIpc) is 2.43. The van der Waals surface area contributed by atoms with Crippen LogP contribution >= 0.6 is 11.8 Å². The molecule has 1 heterocycles. The van der Waals surface area contributed by atoms with E-state index in [1.807, 2.05) is 6.20 Å². The van der Waals surface area contributed by atoms with Gasteiger partial charge in [0.25, 0.3) is 0 Å². The molecule has 2 nitrogen and oxygen atoms in total. The highest BCUT2D eigenvalue weighted by atomic mass is 32.2. The number of likely N-dealkylation sites (N-methyl/N-ethyl adjacent to an activating group) is 1. The third-order valence-corrected chi connectivity index (χ3v) is 4.12. The van der Waals surface area contributed by atoms with E-state index in [9.17, 15) is 0 Å². The molecule has 2 rings (SSSR count). The van der Waals surface area contributed by atoms with Crippen LogP contribution in [-0.2, 0) is 6.42 Å². The quantitative estimate of drug-likeness (QED) is 0.766. The molecule has 1 aromatic carbocycles. The van der Waals surface area contributed by atoms with Crippen molar-refractivity contribution >= 4 is 22.7 Å². The van der Waals surface area contributed by atoms with Crippen molar-refractivity contribution in [3.63, 3.8) is 0 Å². The number of thioether (sulfide) groups is 1. The molecule has 0 saturated carbocycles. The van der Waals surface area contributed by atoms with E-state index in [0.29, 0.717) is 0 Å². The standard InChI is InChI=1S/C15H20N2S/c1-4-17(2)11-9-12-8-10-16-13-6-5-7-14(18-3)15(12)13/h5-8,10H,4,9,11H2,1-3H3. The lowest BCUT2D eigenvalue weighted by Crippen LogP contribution is -2.20. The fraction of sp³-hybridized carbons (Fsp3) is 0.400. The minimum atomic E-state index is 1.08. The molecule has 0 bridgehead atoms. The van der Waals surface area contributed by atoms with Crippen LogP contribution in [0.3, 0.4) is 0 Å². The van der Waals surface area contributed by atoms with Gasteiger partial charge in [-0.25, -0.2) is 0 Å². The summed E-state index contributed by atoms with van der Waals surface area (Å²) in [5.74, 6) is 0. The monoisotopic (exact) mass is 260 g/mol. The summed E-state index contributed by atoms with van der Waals surface area (Å²) in [5, 5.41) is 1.33. The van der Waals surface area contributed by atoms with E-state index >= 15 is 0 Å². The number of fused-ring (bicyclic) bond motifs is 1. The molecule has 2 aromatic rings. The van der Waals surface area contributed by atoms with Gasteiger partial charge in [0.05, 0.1) is 5.52 Å². The zero-order valence-electron chi connectivity index (χ0n) is 11.3. The molecule has 0 atom stereocenters. The number of pyridine rings is 1. The van der Waals surface area contributed by atoms with Crippen molar-refractivity contribution in [3.05, 3.63) is 36.0 Å². The Hall–Kier alpha value is -1.06. The topological polar surface area (TPSA) is 16.1 Å². The lowest BCUT2D eigenvalue weighted by Gasteiger charge is -2.15. The third-order valence-electron chi connectivity index (χ3n) is 3.34. The van der Waals surface area contributed by atoms with Crippen LogP contribution in [0, 0.1) is 0 Å². The van der Waals surface area contributed by atoms with Crippen molar-refractivity contribution in [1.29, 1.82) is 0 Å². The van der Waals surface area contributed by atoms with E-state index in [2.05, 4.69) is 54.4 Å². The van der Waals surface area contributed by atoms with Gasteiger partial charge in [0.15, 0.2) is 0 Å². The molecule has 0 spiro atoms.